The Balaban J connectivity index is 1.85. The Bertz CT molecular complexity index is 799. The van der Waals surface area contributed by atoms with E-state index in [1.165, 1.54) is 40.7 Å². The number of fused-ring (bicyclic) bond motifs is 5. The second kappa shape index (κ2) is 6.38. The maximum absolute atomic E-state index is 10.1. The minimum absolute atomic E-state index is 0.000291. The molecule has 0 radical (unpaired) electrons. The Hall–Kier alpha value is -2.00. The minimum Gasteiger partial charge on any atom is -0.504 e. The second-order valence-corrected chi connectivity index (χ2v) is 7.65. The topological polar surface area (TPSA) is 43.7 Å². The maximum atomic E-state index is 10.1. The molecule has 0 bridgehead atoms. The van der Waals surface area contributed by atoms with E-state index in [9.17, 15) is 10.2 Å². The third-order valence-corrected chi connectivity index (χ3v) is 5.94. The number of hydrogen-bond acceptors (Lipinski definition) is 3. The first kappa shape index (κ1) is 16.5. The zero-order chi connectivity index (χ0) is 17.6. The second-order valence-electron chi connectivity index (χ2n) is 7.65. The van der Waals surface area contributed by atoms with E-state index < -0.39 is 0 Å². The van der Waals surface area contributed by atoms with Crippen molar-refractivity contribution in [1.82, 2.24) is 4.90 Å². The van der Waals surface area contributed by atoms with Crippen LogP contribution in [0.5, 0.6) is 11.5 Å². The summed E-state index contributed by atoms with van der Waals surface area (Å²) >= 11 is 0. The molecule has 0 unspecified atom stereocenters. The Morgan fingerprint density at radius 2 is 1.80 bits per heavy atom. The number of rotatable bonds is 3. The summed E-state index contributed by atoms with van der Waals surface area (Å²) in [5, 5.41) is 20.0. The lowest BCUT2D eigenvalue weighted by molar-refractivity contribution is 0.139. The maximum Gasteiger partial charge on any atom is 0.157 e. The smallest absolute Gasteiger partial charge is 0.157 e. The number of phenolic OH excluding ortho intramolecular Hbond substituents is 2. The van der Waals surface area contributed by atoms with E-state index in [0.29, 0.717) is 6.04 Å². The first-order valence-electron chi connectivity index (χ1n) is 9.46. The molecule has 2 aromatic rings. The SMILES string of the molecule is CCCCN1Cc2ccc(C)cc2[C@@H]2c3cc(O)c(O)cc3CC[C@H]21. The molecule has 0 spiro atoms. The van der Waals surface area contributed by atoms with Crippen LogP contribution in [0.4, 0.5) is 0 Å². The predicted molar refractivity (Wildman–Crippen MR) is 100 cm³/mol. The molecule has 25 heavy (non-hydrogen) atoms. The van der Waals surface area contributed by atoms with Gasteiger partial charge in [0.15, 0.2) is 11.5 Å². The van der Waals surface area contributed by atoms with E-state index in [0.717, 1.165) is 25.9 Å². The van der Waals surface area contributed by atoms with Gasteiger partial charge in [-0.15, -0.1) is 0 Å². The van der Waals surface area contributed by atoms with Crippen LogP contribution < -0.4 is 0 Å². The number of aromatic hydroxyl groups is 2. The van der Waals surface area contributed by atoms with Gasteiger partial charge in [-0.25, -0.2) is 0 Å². The van der Waals surface area contributed by atoms with Crippen molar-refractivity contribution >= 4 is 0 Å². The van der Waals surface area contributed by atoms with Gasteiger partial charge in [0.05, 0.1) is 0 Å². The standard InChI is InChI=1S/C22H27NO2/c1-3-4-9-23-13-16-6-5-14(2)10-17(16)22-18-12-21(25)20(24)11-15(18)7-8-19(22)23/h5-6,10-12,19,22,24-25H,3-4,7-9,13H2,1-2H3/t19-,22-/m1/s1. The van der Waals surface area contributed by atoms with Gasteiger partial charge >= 0.3 is 0 Å². The molecule has 0 saturated carbocycles. The molecule has 0 amide bonds. The van der Waals surface area contributed by atoms with Gasteiger partial charge in [-0.05, 0) is 67.1 Å². The molecule has 2 atom stereocenters. The van der Waals surface area contributed by atoms with E-state index in [1.807, 2.05) is 0 Å². The summed E-state index contributed by atoms with van der Waals surface area (Å²) in [4.78, 5) is 2.64. The summed E-state index contributed by atoms with van der Waals surface area (Å²) in [7, 11) is 0. The highest BCUT2D eigenvalue weighted by molar-refractivity contribution is 5.53. The van der Waals surface area contributed by atoms with Crippen LogP contribution in [0, 0.1) is 6.92 Å². The molecule has 2 aliphatic rings. The number of aryl methyl sites for hydroxylation is 2. The summed E-state index contributed by atoms with van der Waals surface area (Å²) in [6, 6.07) is 10.8. The van der Waals surface area contributed by atoms with Gasteiger partial charge in [0.25, 0.3) is 0 Å². The molecule has 2 N–H and O–H groups in total. The molecule has 0 aromatic heterocycles. The lowest BCUT2D eigenvalue weighted by Crippen LogP contribution is -2.46. The van der Waals surface area contributed by atoms with Crippen LogP contribution in [0.15, 0.2) is 30.3 Å². The van der Waals surface area contributed by atoms with Crippen molar-refractivity contribution in [3.63, 3.8) is 0 Å². The molecule has 2 aromatic carbocycles. The first-order valence-corrected chi connectivity index (χ1v) is 9.46. The van der Waals surface area contributed by atoms with Crippen LogP contribution in [0.2, 0.25) is 0 Å². The number of benzene rings is 2. The van der Waals surface area contributed by atoms with Gasteiger partial charge in [0, 0.05) is 18.5 Å². The van der Waals surface area contributed by atoms with Crippen LogP contribution in [-0.2, 0) is 13.0 Å². The molecule has 0 fully saturated rings. The molecule has 1 heterocycles. The van der Waals surface area contributed by atoms with Gasteiger partial charge < -0.3 is 10.2 Å². The van der Waals surface area contributed by atoms with Gasteiger partial charge in [-0.1, -0.05) is 37.1 Å². The van der Waals surface area contributed by atoms with E-state index >= 15 is 0 Å². The first-order chi connectivity index (χ1) is 12.1. The van der Waals surface area contributed by atoms with Gasteiger partial charge in [0.1, 0.15) is 0 Å². The lowest BCUT2D eigenvalue weighted by Gasteiger charge is -2.46. The zero-order valence-electron chi connectivity index (χ0n) is 15.1. The number of unbranched alkanes of at least 4 members (excludes halogenated alkanes) is 1. The van der Waals surface area contributed by atoms with Gasteiger partial charge in [0.2, 0.25) is 0 Å². The summed E-state index contributed by atoms with van der Waals surface area (Å²) in [5.41, 5.74) is 6.47. The summed E-state index contributed by atoms with van der Waals surface area (Å²) in [6.45, 7) is 6.55. The van der Waals surface area contributed by atoms with Crippen molar-refractivity contribution in [2.45, 2.75) is 58.0 Å². The average Bonchev–Trinajstić information content (AvgIpc) is 2.60. The van der Waals surface area contributed by atoms with E-state index in [4.69, 9.17) is 0 Å². The van der Waals surface area contributed by atoms with Crippen LogP contribution in [0.3, 0.4) is 0 Å². The molecule has 3 nitrogen and oxygen atoms in total. The normalized spacial score (nSPS) is 22.2. The summed E-state index contributed by atoms with van der Waals surface area (Å²) in [5.74, 6) is 0.287. The Morgan fingerprint density at radius 1 is 1.04 bits per heavy atom. The molecule has 132 valence electrons. The Labute approximate surface area is 149 Å². The molecular formula is C22H27NO2. The molecule has 1 aliphatic heterocycles. The monoisotopic (exact) mass is 337 g/mol. The number of hydrogen-bond donors (Lipinski definition) is 2. The van der Waals surface area contributed by atoms with E-state index in [-0.39, 0.29) is 17.4 Å². The fourth-order valence-corrected chi connectivity index (χ4v) is 4.68. The molecule has 3 heteroatoms. The van der Waals surface area contributed by atoms with Gasteiger partial charge in [-0.2, -0.15) is 0 Å². The summed E-state index contributed by atoms with van der Waals surface area (Å²) < 4.78 is 0. The van der Waals surface area contributed by atoms with Crippen molar-refractivity contribution in [3.05, 3.63) is 58.1 Å². The number of phenols is 2. The van der Waals surface area contributed by atoms with Crippen molar-refractivity contribution in [1.29, 1.82) is 0 Å². The quantitative estimate of drug-likeness (QED) is 0.812. The minimum atomic E-state index is -0.000662. The third kappa shape index (κ3) is 2.81. The molecule has 1 aliphatic carbocycles. The van der Waals surface area contributed by atoms with Crippen LogP contribution in [0.1, 0.15) is 59.9 Å². The van der Waals surface area contributed by atoms with Crippen LogP contribution in [0.25, 0.3) is 0 Å². The molecular weight excluding hydrogens is 310 g/mol. The van der Waals surface area contributed by atoms with Crippen LogP contribution in [-0.4, -0.2) is 27.7 Å². The zero-order valence-corrected chi connectivity index (χ0v) is 15.1. The highest BCUT2D eigenvalue weighted by Gasteiger charge is 2.39. The van der Waals surface area contributed by atoms with Crippen molar-refractivity contribution in [3.8, 4) is 11.5 Å². The lowest BCUT2D eigenvalue weighted by atomic mass is 9.71. The van der Waals surface area contributed by atoms with E-state index in [2.05, 4.69) is 36.9 Å². The van der Waals surface area contributed by atoms with E-state index in [1.54, 1.807) is 12.1 Å². The van der Waals surface area contributed by atoms with Crippen molar-refractivity contribution < 1.29 is 10.2 Å². The fourth-order valence-electron chi connectivity index (χ4n) is 4.68. The highest BCUT2D eigenvalue weighted by Crippen LogP contribution is 2.47. The average molecular weight is 337 g/mol. The van der Waals surface area contributed by atoms with Crippen LogP contribution >= 0.6 is 0 Å². The highest BCUT2D eigenvalue weighted by atomic mass is 16.3. The predicted octanol–water partition coefficient (Wildman–Crippen LogP) is 4.47. The largest absolute Gasteiger partial charge is 0.504 e. The Morgan fingerprint density at radius 3 is 2.60 bits per heavy atom. The molecule has 0 saturated heterocycles. The number of nitrogens with zero attached hydrogens (tertiary/aromatic N) is 1. The Kier molecular flexibility index (Phi) is 4.20. The molecule has 4 rings (SSSR count). The van der Waals surface area contributed by atoms with Crippen molar-refractivity contribution in [2.24, 2.45) is 0 Å². The fraction of sp³-hybridized carbons (Fsp3) is 0.455. The summed E-state index contributed by atoms with van der Waals surface area (Å²) in [6.07, 6.45) is 4.51. The third-order valence-electron chi connectivity index (χ3n) is 5.94. The van der Waals surface area contributed by atoms with Gasteiger partial charge in [-0.3, -0.25) is 4.90 Å². The van der Waals surface area contributed by atoms with Crippen molar-refractivity contribution in [2.75, 3.05) is 6.54 Å².